The van der Waals surface area contributed by atoms with E-state index >= 15 is 0 Å². The van der Waals surface area contributed by atoms with Crippen molar-refractivity contribution < 1.29 is 4.74 Å². The Bertz CT molecular complexity index is 590. The second-order valence-electron chi connectivity index (χ2n) is 4.44. The lowest BCUT2D eigenvalue weighted by Gasteiger charge is -2.20. The van der Waals surface area contributed by atoms with Crippen molar-refractivity contribution in [3.8, 4) is 5.75 Å². The highest BCUT2D eigenvalue weighted by Gasteiger charge is 2.09. The molecule has 0 aliphatic carbocycles. The molecule has 106 valence electrons. The predicted octanol–water partition coefficient (Wildman–Crippen LogP) is 4.12. The Morgan fingerprint density at radius 3 is 2.70 bits per heavy atom. The van der Waals surface area contributed by atoms with Gasteiger partial charge >= 0.3 is 0 Å². The number of alkyl halides is 1. The number of hydrogen-bond donors (Lipinski definition) is 0. The van der Waals surface area contributed by atoms with Crippen LogP contribution < -0.4 is 9.64 Å². The van der Waals surface area contributed by atoms with Crippen LogP contribution in [-0.4, -0.2) is 19.1 Å². The first kappa shape index (κ1) is 14.9. The molecular weight excluding hydrogens is 295 g/mol. The quantitative estimate of drug-likeness (QED) is 0.777. The molecule has 1 aromatic heterocycles. The van der Waals surface area contributed by atoms with E-state index < -0.39 is 0 Å². The van der Waals surface area contributed by atoms with Crippen LogP contribution in [0.4, 0.5) is 5.82 Å². The minimum absolute atomic E-state index is 0.372. The van der Waals surface area contributed by atoms with Gasteiger partial charge in [-0.05, 0) is 17.7 Å². The molecule has 20 heavy (non-hydrogen) atoms. The molecule has 0 aliphatic heterocycles. The zero-order valence-corrected chi connectivity index (χ0v) is 12.9. The summed E-state index contributed by atoms with van der Waals surface area (Å²) in [7, 11) is 3.64. The van der Waals surface area contributed by atoms with Crippen LogP contribution in [0.5, 0.6) is 5.75 Å². The smallest absolute Gasteiger partial charge is 0.128 e. The zero-order chi connectivity index (χ0) is 14.5. The molecule has 5 heteroatoms. The number of anilines is 1. The highest BCUT2D eigenvalue weighted by Crippen LogP contribution is 2.24. The molecule has 0 N–H and O–H groups in total. The van der Waals surface area contributed by atoms with E-state index in [4.69, 9.17) is 27.9 Å². The van der Waals surface area contributed by atoms with Crippen LogP contribution in [0, 0.1) is 0 Å². The van der Waals surface area contributed by atoms with Crippen LogP contribution in [0.25, 0.3) is 0 Å². The number of benzene rings is 1. The molecule has 0 aliphatic rings. The van der Waals surface area contributed by atoms with E-state index in [-0.39, 0.29) is 0 Å². The molecule has 0 unspecified atom stereocenters. The molecule has 0 atom stereocenters. The summed E-state index contributed by atoms with van der Waals surface area (Å²) in [6.07, 6.45) is 1.63. The molecule has 0 radical (unpaired) electrons. The molecular formula is C15H16Cl2N2O. The largest absolute Gasteiger partial charge is 0.496 e. The van der Waals surface area contributed by atoms with Crippen LogP contribution in [0.3, 0.4) is 0 Å². The first-order valence-electron chi connectivity index (χ1n) is 6.19. The number of pyridine rings is 1. The SMILES string of the molecule is COc1ccccc1CN(C)c1cc(CCl)c(Cl)cn1. The van der Waals surface area contributed by atoms with Crippen LogP contribution in [0.15, 0.2) is 36.5 Å². The fourth-order valence-electron chi connectivity index (χ4n) is 1.95. The highest BCUT2D eigenvalue weighted by atomic mass is 35.5. The van der Waals surface area contributed by atoms with Crippen LogP contribution in [-0.2, 0) is 12.4 Å². The number of nitrogens with zero attached hydrogens (tertiary/aromatic N) is 2. The van der Waals surface area contributed by atoms with E-state index in [1.54, 1.807) is 13.3 Å². The minimum atomic E-state index is 0.372. The second-order valence-corrected chi connectivity index (χ2v) is 5.11. The molecule has 1 heterocycles. The summed E-state index contributed by atoms with van der Waals surface area (Å²) < 4.78 is 5.36. The van der Waals surface area contributed by atoms with Gasteiger partial charge in [-0.15, -0.1) is 11.6 Å². The number of para-hydroxylation sites is 1. The van der Waals surface area contributed by atoms with Gasteiger partial charge in [-0.3, -0.25) is 0 Å². The van der Waals surface area contributed by atoms with E-state index in [9.17, 15) is 0 Å². The summed E-state index contributed by atoms with van der Waals surface area (Å²) in [5.41, 5.74) is 1.98. The van der Waals surface area contributed by atoms with Gasteiger partial charge in [-0.25, -0.2) is 4.98 Å². The predicted molar refractivity (Wildman–Crippen MR) is 83.9 cm³/mol. The molecule has 3 nitrogen and oxygen atoms in total. The number of aromatic nitrogens is 1. The Balaban J connectivity index is 2.21. The topological polar surface area (TPSA) is 25.4 Å². The Hall–Kier alpha value is -1.45. The molecule has 2 aromatic rings. The van der Waals surface area contributed by atoms with Crippen LogP contribution in [0.2, 0.25) is 5.02 Å². The van der Waals surface area contributed by atoms with Gasteiger partial charge in [0.2, 0.25) is 0 Å². The first-order chi connectivity index (χ1) is 9.65. The maximum absolute atomic E-state index is 6.02. The van der Waals surface area contributed by atoms with Gasteiger partial charge in [-0.1, -0.05) is 29.8 Å². The zero-order valence-electron chi connectivity index (χ0n) is 11.4. The van der Waals surface area contributed by atoms with Gasteiger partial charge in [-0.2, -0.15) is 0 Å². The van der Waals surface area contributed by atoms with Gasteiger partial charge in [0.05, 0.1) is 12.1 Å². The second kappa shape index (κ2) is 6.82. The van der Waals surface area contributed by atoms with Crippen LogP contribution >= 0.6 is 23.2 Å². The lowest BCUT2D eigenvalue weighted by molar-refractivity contribution is 0.409. The number of hydrogen-bond acceptors (Lipinski definition) is 3. The number of ether oxygens (including phenoxy) is 1. The first-order valence-corrected chi connectivity index (χ1v) is 7.10. The third-order valence-corrected chi connectivity index (χ3v) is 3.68. The van der Waals surface area contributed by atoms with E-state index in [1.165, 1.54) is 0 Å². The van der Waals surface area contributed by atoms with Gasteiger partial charge in [0.25, 0.3) is 0 Å². The summed E-state index contributed by atoms with van der Waals surface area (Å²) in [4.78, 5) is 6.36. The highest BCUT2D eigenvalue weighted by molar-refractivity contribution is 6.32. The lowest BCUT2D eigenvalue weighted by Crippen LogP contribution is -2.18. The normalized spacial score (nSPS) is 10.4. The summed E-state index contributed by atoms with van der Waals surface area (Å²) in [5, 5.41) is 0.592. The molecule has 0 spiro atoms. The molecule has 0 saturated heterocycles. The van der Waals surface area contributed by atoms with E-state index in [0.29, 0.717) is 17.4 Å². The van der Waals surface area contributed by atoms with Crippen molar-refractivity contribution in [2.45, 2.75) is 12.4 Å². The van der Waals surface area contributed by atoms with E-state index in [0.717, 1.165) is 22.7 Å². The van der Waals surface area contributed by atoms with Crippen molar-refractivity contribution in [2.24, 2.45) is 0 Å². The van der Waals surface area contributed by atoms with Crippen molar-refractivity contribution in [3.05, 3.63) is 52.7 Å². The van der Waals surface area contributed by atoms with Gasteiger partial charge < -0.3 is 9.64 Å². The Morgan fingerprint density at radius 2 is 2.00 bits per heavy atom. The van der Waals surface area contributed by atoms with Crippen LogP contribution in [0.1, 0.15) is 11.1 Å². The minimum Gasteiger partial charge on any atom is -0.496 e. The fourth-order valence-corrected chi connectivity index (χ4v) is 2.41. The number of halogens is 2. The average molecular weight is 311 g/mol. The van der Waals surface area contributed by atoms with Gasteiger partial charge in [0, 0.05) is 31.2 Å². The Kier molecular flexibility index (Phi) is 5.10. The summed E-state index contributed by atoms with van der Waals surface area (Å²) >= 11 is 11.9. The number of rotatable bonds is 5. The standard InChI is InChI=1S/C15H16Cl2N2O/c1-19(10-11-5-3-4-6-14(11)20-2)15-7-12(8-16)13(17)9-18-15/h3-7,9H,8,10H2,1-2H3. The van der Waals surface area contributed by atoms with Gasteiger partial charge in [0.15, 0.2) is 0 Å². The molecule has 2 rings (SSSR count). The third-order valence-electron chi connectivity index (χ3n) is 3.06. The van der Waals surface area contributed by atoms with E-state index in [2.05, 4.69) is 4.98 Å². The van der Waals surface area contributed by atoms with Crippen molar-refractivity contribution in [3.63, 3.8) is 0 Å². The summed E-state index contributed by atoms with van der Waals surface area (Å²) in [5.74, 6) is 2.07. The van der Waals surface area contributed by atoms with Crippen molar-refractivity contribution in [1.29, 1.82) is 0 Å². The third kappa shape index (κ3) is 3.35. The monoisotopic (exact) mass is 310 g/mol. The van der Waals surface area contributed by atoms with Crippen molar-refractivity contribution in [2.75, 3.05) is 19.1 Å². The molecule has 0 fully saturated rings. The molecule has 0 amide bonds. The van der Waals surface area contributed by atoms with E-state index in [1.807, 2.05) is 42.3 Å². The lowest BCUT2D eigenvalue weighted by atomic mass is 10.2. The Labute approximate surface area is 129 Å². The fraction of sp³-hybridized carbons (Fsp3) is 0.267. The van der Waals surface area contributed by atoms with Crippen molar-refractivity contribution >= 4 is 29.0 Å². The van der Waals surface area contributed by atoms with Crippen molar-refractivity contribution in [1.82, 2.24) is 4.98 Å². The van der Waals surface area contributed by atoms with Gasteiger partial charge in [0.1, 0.15) is 11.6 Å². The maximum atomic E-state index is 6.02. The summed E-state index contributed by atoms with van der Waals surface area (Å²) in [6.45, 7) is 0.695. The summed E-state index contributed by atoms with van der Waals surface area (Å²) in [6, 6.07) is 9.83. The average Bonchev–Trinajstić information content (AvgIpc) is 2.48. The maximum Gasteiger partial charge on any atom is 0.128 e. The molecule has 1 aromatic carbocycles. The molecule has 0 saturated carbocycles. The molecule has 0 bridgehead atoms. The Morgan fingerprint density at radius 1 is 1.25 bits per heavy atom. The number of methoxy groups -OCH3 is 1.